The summed E-state index contributed by atoms with van der Waals surface area (Å²) in [6.07, 6.45) is 1.99. The smallest absolute Gasteiger partial charge is 0.317 e. The molecule has 0 radical (unpaired) electrons. The molecular weight excluding hydrogens is 331 g/mol. The highest BCUT2D eigenvalue weighted by Gasteiger charge is 2.25. The zero-order valence-corrected chi connectivity index (χ0v) is 14.3. The predicted octanol–water partition coefficient (Wildman–Crippen LogP) is 3.43. The fraction of sp³-hybridized carbons (Fsp3) is 0.643. The quantitative estimate of drug-likeness (QED) is 0.853. The lowest BCUT2D eigenvalue weighted by Gasteiger charge is -2.37. The number of carboxylic acid groups (broad SMARTS) is 1. The van der Waals surface area contributed by atoms with Gasteiger partial charge in [0.2, 0.25) is 0 Å². The van der Waals surface area contributed by atoms with Gasteiger partial charge in [0.1, 0.15) is 4.34 Å². The van der Waals surface area contributed by atoms with Crippen LogP contribution in [0, 0.1) is 0 Å². The second-order valence-electron chi connectivity index (χ2n) is 5.31. The van der Waals surface area contributed by atoms with Gasteiger partial charge in [-0.25, -0.2) is 0 Å². The number of carbonyl (C=O) groups is 1. The number of halogens is 2. The standard InChI is InChI=1S/C14H20Cl2N2O2S/c1-2-18(8-12(19)20)11-3-5-17(6-4-11)7-10-9-21-14(16)13(10)15/h9,11H,2-8H2,1H3,(H,19,20). The fourth-order valence-electron chi connectivity index (χ4n) is 2.82. The van der Waals surface area contributed by atoms with E-state index < -0.39 is 5.97 Å². The van der Waals surface area contributed by atoms with Crippen molar-refractivity contribution in [3.63, 3.8) is 0 Å². The minimum atomic E-state index is -0.751. The highest BCUT2D eigenvalue weighted by atomic mass is 35.5. The van der Waals surface area contributed by atoms with Gasteiger partial charge in [0.15, 0.2) is 0 Å². The zero-order valence-electron chi connectivity index (χ0n) is 12.0. The number of likely N-dealkylation sites (N-methyl/N-ethyl adjacent to an activating group) is 1. The molecule has 0 spiro atoms. The van der Waals surface area contributed by atoms with Gasteiger partial charge in [-0.3, -0.25) is 14.6 Å². The summed E-state index contributed by atoms with van der Waals surface area (Å²) in [5.41, 5.74) is 1.09. The average Bonchev–Trinajstić information content (AvgIpc) is 2.77. The maximum absolute atomic E-state index is 10.9. The van der Waals surface area contributed by atoms with E-state index in [2.05, 4.69) is 4.90 Å². The van der Waals surface area contributed by atoms with Crippen molar-refractivity contribution >= 4 is 40.5 Å². The van der Waals surface area contributed by atoms with Crippen LogP contribution in [0.2, 0.25) is 9.36 Å². The van der Waals surface area contributed by atoms with Gasteiger partial charge < -0.3 is 5.11 Å². The van der Waals surface area contributed by atoms with Crippen LogP contribution in [-0.2, 0) is 11.3 Å². The van der Waals surface area contributed by atoms with Crippen LogP contribution in [0.5, 0.6) is 0 Å². The summed E-state index contributed by atoms with van der Waals surface area (Å²) in [6, 6.07) is 0.365. The number of thiophene rings is 1. The number of likely N-dealkylation sites (tertiary alicyclic amines) is 1. The zero-order chi connectivity index (χ0) is 15.4. The Kier molecular flexibility index (Phi) is 6.32. The van der Waals surface area contributed by atoms with Gasteiger partial charge in [0.25, 0.3) is 0 Å². The Labute approximate surface area is 139 Å². The first kappa shape index (κ1) is 17.0. The Morgan fingerprint density at radius 1 is 1.48 bits per heavy atom. The summed E-state index contributed by atoms with van der Waals surface area (Å²) in [7, 11) is 0. The molecule has 0 bridgehead atoms. The molecular formula is C14H20Cl2N2O2S. The number of nitrogens with zero attached hydrogens (tertiary/aromatic N) is 2. The summed E-state index contributed by atoms with van der Waals surface area (Å²) in [4.78, 5) is 15.3. The van der Waals surface area contributed by atoms with Crippen molar-refractivity contribution < 1.29 is 9.90 Å². The Morgan fingerprint density at radius 2 is 2.14 bits per heavy atom. The number of aliphatic carboxylic acids is 1. The monoisotopic (exact) mass is 350 g/mol. The lowest BCUT2D eigenvalue weighted by molar-refractivity contribution is -0.139. The van der Waals surface area contributed by atoms with Crippen molar-refractivity contribution in [2.45, 2.75) is 32.4 Å². The van der Waals surface area contributed by atoms with Gasteiger partial charge in [-0.2, -0.15) is 0 Å². The van der Waals surface area contributed by atoms with Crippen molar-refractivity contribution in [1.29, 1.82) is 0 Å². The van der Waals surface area contributed by atoms with E-state index in [1.807, 2.05) is 17.2 Å². The summed E-state index contributed by atoms with van der Waals surface area (Å²) in [6.45, 7) is 5.67. The fourth-order valence-corrected chi connectivity index (χ4v) is 4.06. The van der Waals surface area contributed by atoms with Gasteiger partial charge in [-0.05, 0) is 43.4 Å². The number of hydrogen-bond donors (Lipinski definition) is 1. The minimum Gasteiger partial charge on any atom is -0.480 e. The molecule has 0 unspecified atom stereocenters. The van der Waals surface area contributed by atoms with Crippen molar-refractivity contribution in [2.24, 2.45) is 0 Å². The van der Waals surface area contributed by atoms with Crippen LogP contribution >= 0.6 is 34.5 Å². The van der Waals surface area contributed by atoms with Gasteiger partial charge >= 0.3 is 5.97 Å². The highest BCUT2D eigenvalue weighted by molar-refractivity contribution is 7.15. The predicted molar refractivity (Wildman–Crippen MR) is 87.5 cm³/mol. The molecule has 1 aliphatic heterocycles. The van der Waals surface area contributed by atoms with Crippen LogP contribution in [0.25, 0.3) is 0 Å². The number of rotatable bonds is 6. The van der Waals surface area contributed by atoms with E-state index in [1.54, 1.807) is 0 Å². The second kappa shape index (κ2) is 7.79. The van der Waals surface area contributed by atoms with Crippen molar-refractivity contribution in [2.75, 3.05) is 26.2 Å². The molecule has 1 aromatic heterocycles. The maximum Gasteiger partial charge on any atom is 0.317 e. The Bertz CT molecular complexity index is 487. The van der Waals surface area contributed by atoms with Crippen LogP contribution in [0.1, 0.15) is 25.3 Å². The Hall–Kier alpha value is -0.330. The van der Waals surface area contributed by atoms with Gasteiger partial charge in [0.05, 0.1) is 11.6 Å². The van der Waals surface area contributed by atoms with Crippen molar-refractivity contribution in [3.8, 4) is 0 Å². The summed E-state index contributed by atoms with van der Waals surface area (Å²) >= 11 is 13.6. The lowest BCUT2D eigenvalue weighted by Crippen LogP contribution is -2.46. The molecule has 0 saturated carbocycles. The van der Waals surface area contributed by atoms with E-state index in [0.29, 0.717) is 15.4 Å². The number of piperidine rings is 1. The maximum atomic E-state index is 10.9. The molecule has 1 N–H and O–H groups in total. The molecule has 4 nitrogen and oxygen atoms in total. The lowest BCUT2D eigenvalue weighted by atomic mass is 10.0. The molecule has 2 heterocycles. The molecule has 21 heavy (non-hydrogen) atoms. The van der Waals surface area contributed by atoms with Crippen LogP contribution < -0.4 is 0 Å². The molecule has 7 heteroatoms. The molecule has 1 saturated heterocycles. The Morgan fingerprint density at radius 3 is 2.62 bits per heavy atom. The van der Waals surface area contributed by atoms with Crippen LogP contribution in [0.15, 0.2) is 5.38 Å². The molecule has 0 aromatic carbocycles. The van der Waals surface area contributed by atoms with E-state index in [4.69, 9.17) is 28.3 Å². The van der Waals surface area contributed by atoms with Crippen LogP contribution in [0.4, 0.5) is 0 Å². The third kappa shape index (κ3) is 4.57. The molecule has 0 aliphatic carbocycles. The SMILES string of the molecule is CCN(CC(=O)O)C1CCN(Cc2csc(Cl)c2Cl)CC1. The van der Waals surface area contributed by atoms with E-state index >= 15 is 0 Å². The first-order valence-corrected chi connectivity index (χ1v) is 8.74. The molecule has 1 aromatic rings. The highest BCUT2D eigenvalue weighted by Crippen LogP contribution is 2.33. The van der Waals surface area contributed by atoms with E-state index in [9.17, 15) is 4.79 Å². The van der Waals surface area contributed by atoms with Crippen LogP contribution in [-0.4, -0.2) is 53.1 Å². The van der Waals surface area contributed by atoms with Crippen molar-refractivity contribution in [3.05, 3.63) is 20.3 Å². The number of hydrogen-bond acceptors (Lipinski definition) is 4. The Balaban J connectivity index is 1.85. The second-order valence-corrected chi connectivity index (χ2v) is 7.17. The van der Waals surface area contributed by atoms with Crippen LogP contribution in [0.3, 0.4) is 0 Å². The molecule has 0 atom stereocenters. The minimum absolute atomic E-state index is 0.132. The normalized spacial score (nSPS) is 17.5. The average molecular weight is 351 g/mol. The van der Waals surface area contributed by atoms with Gasteiger partial charge in [0, 0.05) is 12.6 Å². The first-order chi connectivity index (χ1) is 10.0. The van der Waals surface area contributed by atoms with E-state index in [-0.39, 0.29) is 6.54 Å². The van der Waals surface area contributed by atoms with Gasteiger partial charge in [-0.1, -0.05) is 30.1 Å². The third-order valence-electron chi connectivity index (χ3n) is 3.97. The summed E-state index contributed by atoms with van der Waals surface area (Å²) in [5, 5.41) is 11.6. The molecule has 1 fully saturated rings. The molecule has 118 valence electrons. The summed E-state index contributed by atoms with van der Waals surface area (Å²) < 4.78 is 0.653. The summed E-state index contributed by atoms with van der Waals surface area (Å²) in [5.74, 6) is -0.751. The number of carboxylic acids is 1. The molecule has 1 aliphatic rings. The first-order valence-electron chi connectivity index (χ1n) is 7.10. The molecule has 2 rings (SSSR count). The molecule has 0 amide bonds. The van der Waals surface area contributed by atoms with Gasteiger partial charge in [-0.15, -0.1) is 11.3 Å². The van der Waals surface area contributed by atoms with E-state index in [1.165, 1.54) is 11.3 Å². The third-order valence-corrected chi connectivity index (χ3v) is 5.88. The van der Waals surface area contributed by atoms with E-state index in [0.717, 1.165) is 44.6 Å². The topological polar surface area (TPSA) is 43.8 Å². The largest absolute Gasteiger partial charge is 0.480 e. The van der Waals surface area contributed by atoms with Crippen molar-refractivity contribution in [1.82, 2.24) is 9.80 Å².